The summed E-state index contributed by atoms with van der Waals surface area (Å²) in [4.78, 5) is 0. The van der Waals surface area contributed by atoms with Crippen LogP contribution in [0.5, 0.6) is 5.75 Å². The number of hydrogen-bond donors (Lipinski definition) is 2. The summed E-state index contributed by atoms with van der Waals surface area (Å²) in [5.41, 5.74) is 6.13. The third kappa shape index (κ3) is 2.50. The zero-order valence-electron chi connectivity index (χ0n) is 10.8. The number of fused-ring (bicyclic) bond motifs is 1. The number of aromatic nitrogens is 2. The third-order valence-corrected chi connectivity index (χ3v) is 3.82. The number of anilines is 1. The van der Waals surface area contributed by atoms with E-state index in [0.717, 1.165) is 0 Å². The summed E-state index contributed by atoms with van der Waals surface area (Å²) >= 11 is 0. The van der Waals surface area contributed by atoms with Crippen molar-refractivity contribution in [1.29, 1.82) is 0 Å². The Morgan fingerprint density at radius 2 is 2.11 bits per heavy atom. The van der Waals surface area contributed by atoms with Crippen molar-refractivity contribution in [1.82, 2.24) is 10.2 Å². The summed E-state index contributed by atoms with van der Waals surface area (Å²) in [5, 5.41) is 6.88. The minimum Gasteiger partial charge on any atom is -0.493 e. The van der Waals surface area contributed by atoms with Gasteiger partial charge >= 0.3 is 0 Å². The Morgan fingerprint density at radius 1 is 1.32 bits per heavy atom. The number of aromatic amines is 1. The zero-order valence-corrected chi connectivity index (χ0v) is 10.8. The van der Waals surface area contributed by atoms with Gasteiger partial charge in [-0.2, -0.15) is 5.10 Å². The molecule has 0 atom stereocenters. The van der Waals surface area contributed by atoms with E-state index in [1.807, 2.05) is 0 Å². The molecule has 1 fully saturated rings. The summed E-state index contributed by atoms with van der Waals surface area (Å²) in [7, 11) is 0. The highest BCUT2D eigenvalue weighted by molar-refractivity contribution is 5.90. The van der Waals surface area contributed by atoms with Crippen LogP contribution >= 0.6 is 0 Å². The number of nitrogen functional groups attached to an aromatic ring is 1. The third-order valence-electron chi connectivity index (χ3n) is 3.82. The fraction of sp³-hybridized carbons (Fsp3) is 0.500. The van der Waals surface area contributed by atoms with Crippen LogP contribution in [0, 0.1) is 11.7 Å². The lowest BCUT2D eigenvalue weighted by Crippen LogP contribution is -2.15. The first kappa shape index (κ1) is 12.3. The molecular weight excluding hydrogens is 245 g/mol. The fourth-order valence-corrected chi connectivity index (χ4v) is 2.75. The van der Waals surface area contributed by atoms with Crippen molar-refractivity contribution in [2.45, 2.75) is 32.1 Å². The van der Waals surface area contributed by atoms with Gasteiger partial charge in [0.25, 0.3) is 0 Å². The molecule has 1 aromatic carbocycles. The summed E-state index contributed by atoms with van der Waals surface area (Å²) in [6.07, 6.45) is 6.29. The molecule has 0 aliphatic heterocycles. The molecule has 1 saturated carbocycles. The Kier molecular flexibility index (Phi) is 3.27. The van der Waals surface area contributed by atoms with E-state index < -0.39 is 0 Å². The predicted octanol–water partition coefficient (Wildman–Crippen LogP) is 3.24. The quantitative estimate of drug-likeness (QED) is 0.893. The van der Waals surface area contributed by atoms with E-state index >= 15 is 0 Å². The Balaban J connectivity index is 1.74. The van der Waals surface area contributed by atoms with Crippen LogP contribution in [0.2, 0.25) is 0 Å². The molecule has 0 bridgehead atoms. The summed E-state index contributed by atoms with van der Waals surface area (Å²) < 4.78 is 19.6. The Labute approximate surface area is 111 Å². The Morgan fingerprint density at radius 3 is 2.89 bits per heavy atom. The molecule has 3 rings (SSSR count). The Bertz CT molecular complexity index is 575. The average Bonchev–Trinajstić information content (AvgIpc) is 2.80. The van der Waals surface area contributed by atoms with Gasteiger partial charge in [-0.05, 0) is 18.8 Å². The second kappa shape index (κ2) is 5.07. The van der Waals surface area contributed by atoms with Crippen LogP contribution in [0.4, 0.5) is 10.2 Å². The predicted molar refractivity (Wildman–Crippen MR) is 72.5 cm³/mol. The van der Waals surface area contributed by atoms with Crippen molar-refractivity contribution in [3.63, 3.8) is 0 Å². The van der Waals surface area contributed by atoms with Gasteiger partial charge in [-0.25, -0.2) is 4.39 Å². The topological polar surface area (TPSA) is 63.9 Å². The first-order valence-corrected chi connectivity index (χ1v) is 6.80. The fourth-order valence-electron chi connectivity index (χ4n) is 2.75. The summed E-state index contributed by atoms with van der Waals surface area (Å²) in [5.74, 6) is 0.993. The van der Waals surface area contributed by atoms with E-state index in [9.17, 15) is 4.39 Å². The highest BCUT2D eigenvalue weighted by Gasteiger charge is 2.15. The normalized spacial score (nSPS) is 16.9. The number of benzene rings is 1. The highest BCUT2D eigenvalue weighted by Crippen LogP contribution is 2.28. The zero-order chi connectivity index (χ0) is 13.2. The van der Waals surface area contributed by atoms with Gasteiger partial charge in [0.2, 0.25) is 0 Å². The largest absolute Gasteiger partial charge is 0.493 e. The lowest BCUT2D eigenvalue weighted by molar-refractivity contribution is 0.208. The van der Waals surface area contributed by atoms with E-state index in [0.29, 0.717) is 29.2 Å². The van der Waals surface area contributed by atoms with E-state index in [-0.39, 0.29) is 11.6 Å². The molecular formula is C14H18FN3O. The van der Waals surface area contributed by atoms with Crippen molar-refractivity contribution in [3.8, 4) is 5.75 Å². The van der Waals surface area contributed by atoms with Crippen molar-refractivity contribution in [2.75, 3.05) is 12.3 Å². The highest BCUT2D eigenvalue weighted by atomic mass is 19.1. The van der Waals surface area contributed by atoms with Crippen molar-refractivity contribution in [3.05, 3.63) is 17.9 Å². The van der Waals surface area contributed by atoms with Gasteiger partial charge < -0.3 is 10.5 Å². The lowest BCUT2D eigenvalue weighted by Gasteiger charge is -2.21. The molecule has 1 aliphatic carbocycles. The molecule has 3 N–H and O–H groups in total. The number of H-pyrrole nitrogens is 1. The molecule has 1 aromatic heterocycles. The minimum absolute atomic E-state index is 0.256. The van der Waals surface area contributed by atoms with E-state index in [1.165, 1.54) is 38.2 Å². The molecule has 2 aromatic rings. The molecule has 4 nitrogen and oxygen atoms in total. The van der Waals surface area contributed by atoms with Crippen molar-refractivity contribution < 1.29 is 9.13 Å². The SMILES string of the molecule is Nc1[nH]nc2cc(OCC3CCCCC3)cc(F)c12. The number of ether oxygens (including phenoxy) is 1. The van der Waals surface area contributed by atoms with Crippen LogP contribution < -0.4 is 10.5 Å². The molecule has 0 saturated heterocycles. The standard InChI is InChI=1S/C14H18FN3O/c15-11-6-10(7-12-13(11)14(16)18-17-12)19-8-9-4-2-1-3-5-9/h6-7,9H,1-5,8H2,(H3,16,17,18). The number of halogens is 1. The van der Waals surface area contributed by atoms with E-state index in [2.05, 4.69) is 10.2 Å². The summed E-state index contributed by atoms with van der Waals surface area (Å²) in [6.45, 7) is 0.658. The molecule has 1 heterocycles. The number of nitrogens with zero attached hydrogens (tertiary/aromatic N) is 1. The molecule has 5 heteroatoms. The van der Waals surface area contributed by atoms with Crippen LogP contribution in [-0.4, -0.2) is 16.8 Å². The van der Waals surface area contributed by atoms with Gasteiger partial charge in [0.05, 0.1) is 12.0 Å². The maximum atomic E-state index is 13.9. The van der Waals surface area contributed by atoms with Crippen LogP contribution in [0.15, 0.2) is 12.1 Å². The number of hydrogen-bond acceptors (Lipinski definition) is 3. The van der Waals surface area contributed by atoms with Gasteiger partial charge in [-0.1, -0.05) is 19.3 Å². The molecule has 0 amide bonds. The first-order valence-electron chi connectivity index (χ1n) is 6.80. The minimum atomic E-state index is -0.387. The number of rotatable bonds is 3. The second-order valence-corrected chi connectivity index (χ2v) is 5.25. The van der Waals surface area contributed by atoms with Crippen LogP contribution in [0.1, 0.15) is 32.1 Å². The van der Waals surface area contributed by atoms with Gasteiger partial charge in [-0.3, -0.25) is 5.10 Å². The second-order valence-electron chi connectivity index (χ2n) is 5.25. The van der Waals surface area contributed by atoms with Crippen molar-refractivity contribution in [2.24, 2.45) is 5.92 Å². The average molecular weight is 263 g/mol. The molecule has 0 radical (unpaired) electrons. The van der Waals surface area contributed by atoms with Gasteiger partial charge in [0.15, 0.2) is 0 Å². The molecule has 1 aliphatic rings. The van der Waals surface area contributed by atoms with Crippen LogP contribution in [0.25, 0.3) is 10.9 Å². The maximum Gasteiger partial charge on any atom is 0.140 e. The lowest BCUT2D eigenvalue weighted by atomic mass is 9.90. The summed E-state index contributed by atoms with van der Waals surface area (Å²) in [6, 6.07) is 3.12. The number of nitrogens with one attached hydrogen (secondary N) is 1. The maximum absolute atomic E-state index is 13.9. The molecule has 102 valence electrons. The Hall–Kier alpha value is -1.78. The van der Waals surface area contributed by atoms with E-state index in [1.54, 1.807) is 6.07 Å². The smallest absolute Gasteiger partial charge is 0.140 e. The van der Waals surface area contributed by atoms with Gasteiger partial charge in [0, 0.05) is 12.1 Å². The molecule has 0 unspecified atom stereocenters. The van der Waals surface area contributed by atoms with Gasteiger partial charge in [-0.15, -0.1) is 0 Å². The number of nitrogens with two attached hydrogens (primary N) is 1. The van der Waals surface area contributed by atoms with Crippen LogP contribution in [-0.2, 0) is 0 Å². The van der Waals surface area contributed by atoms with E-state index in [4.69, 9.17) is 10.5 Å². The van der Waals surface area contributed by atoms with Crippen molar-refractivity contribution >= 4 is 16.7 Å². The molecule has 19 heavy (non-hydrogen) atoms. The van der Waals surface area contributed by atoms with Gasteiger partial charge in [0.1, 0.15) is 22.9 Å². The first-order chi connectivity index (χ1) is 9.24. The van der Waals surface area contributed by atoms with Crippen LogP contribution in [0.3, 0.4) is 0 Å². The monoisotopic (exact) mass is 263 g/mol. The molecule has 0 spiro atoms.